The Morgan fingerprint density at radius 1 is 0.871 bits per heavy atom. The Bertz CT molecular complexity index is 1070. The first-order chi connectivity index (χ1) is 15.2. The summed E-state index contributed by atoms with van der Waals surface area (Å²) in [5.41, 5.74) is 0.739. The second-order valence-electron chi connectivity index (χ2n) is 8.15. The average Bonchev–Trinajstić information content (AvgIpc) is 2.84. The Morgan fingerprint density at radius 2 is 1.52 bits per heavy atom. The van der Waals surface area contributed by atoms with Crippen molar-refractivity contribution in [3.8, 4) is 0 Å². The van der Waals surface area contributed by atoms with Gasteiger partial charge in [-0.15, -0.1) is 10.2 Å². The molecule has 2 saturated heterocycles. The fourth-order valence-corrected chi connectivity index (χ4v) is 4.52. The smallest absolute Gasteiger partial charge is 0.253 e. The first kappa shape index (κ1) is 19.8. The average molecular weight is 418 g/mol. The molecular formula is C24H27N5O2. The molecule has 5 rings (SSSR count). The molecule has 31 heavy (non-hydrogen) atoms. The molecule has 2 aromatic carbocycles. The van der Waals surface area contributed by atoms with Crippen LogP contribution in [0, 0.1) is 0 Å². The van der Waals surface area contributed by atoms with Gasteiger partial charge in [-0.25, -0.2) is 0 Å². The molecule has 3 aromatic rings. The Hall–Kier alpha value is -3.19. The van der Waals surface area contributed by atoms with E-state index in [-0.39, 0.29) is 11.9 Å². The maximum atomic E-state index is 12.9. The van der Waals surface area contributed by atoms with Gasteiger partial charge in [0.05, 0.1) is 13.2 Å². The number of piperazine rings is 1. The molecule has 1 atom stereocenters. The van der Waals surface area contributed by atoms with E-state index in [0.717, 1.165) is 47.6 Å². The standard InChI is InChI=1S/C24H27N5O2/c1-18-17-28(24(30)19-7-3-2-4-8-19)11-12-29(18)23-21-10-6-5-9-20(21)22(25-26-23)27-13-15-31-16-14-27/h2-10,18H,11-17H2,1H3/t18-/m1/s1. The minimum absolute atomic E-state index is 0.0886. The third-order valence-corrected chi connectivity index (χ3v) is 6.17. The highest BCUT2D eigenvalue weighted by Crippen LogP contribution is 2.32. The van der Waals surface area contributed by atoms with Crippen molar-refractivity contribution in [2.45, 2.75) is 13.0 Å². The zero-order valence-corrected chi connectivity index (χ0v) is 17.8. The molecule has 7 nitrogen and oxygen atoms in total. The predicted molar refractivity (Wildman–Crippen MR) is 122 cm³/mol. The van der Waals surface area contributed by atoms with E-state index in [9.17, 15) is 4.79 Å². The maximum Gasteiger partial charge on any atom is 0.253 e. The highest BCUT2D eigenvalue weighted by Gasteiger charge is 2.30. The third-order valence-electron chi connectivity index (χ3n) is 6.17. The zero-order chi connectivity index (χ0) is 21.2. The van der Waals surface area contributed by atoms with Crippen molar-refractivity contribution in [1.82, 2.24) is 15.1 Å². The molecule has 1 amide bonds. The van der Waals surface area contributed by atoms with Crippen molar-refractivity contribution >= 4 is 28.3 Å². The fourth-order valence-electron chi connectivity index (χ4n) is 4.52. The van der Waals surface area contributed by atoms with E-state index in [1.54, 1.807) is 0 Å². The number of nitrogens with zero attached hydrogens (tertiary/aromatic N) is 5. The maximum absolute atomic E-state index is 12.9. The van der Waals surface area contributed by atoms with Gasteiger partial charge in [0, 0.05) is 55.1 Å². The number of fused-ring (bicyclic) bond motifs is 1. The van der Waals surface area contributed by atoms with Crippen LogP contribution in [0.25, 0.3) is 10.8 Å². The van der Waals surface area contributed by atoms with E-state index in [1.165, 1.54) is 0 Å². The fraction of sp³-hybridized carbons (Fsp3) is 0.375. The van der Waals surface area contributed by atoms with E-state index >= 15 is 0 Å². The van der Waals surface area contributed by atoms with Gasteiger partial charge in [-0.05, 0) is 19.1 Å². The van der Waals surface area contributed by atoms with Crippen molar-refractivity contribution in [2.24, 2.45) is 0 Å². The molecule has 0 radical (unpaired) electrons. The van der Waals surface area contributed by atoms with Gasteiger partial charge < -0.3 is 19.4 Å². The molecule has 7 heteroatoms. The number of carbonyl (C=O) groups excluding carboxylic acids is 1. The molecule has 0 spiro atoms. The zero-order valence-electron chi connectivity index (χ0n) is 17.8. The van der Waals surface area contributed by atoms with Crippen LogP contribution in [0.1, 0.15) is 17.3 Å². The second-order valence-corrected chi connectivity index (χ2v) is 8.15. The number of anilines is 2. The van der Waals surface area contributed by atoms with Gasteiger partial charge in [0.15, 0.2) is 11.6 Å². The molecule has 0 unspecified atom stereocenters. The van der Waals surface area contributed by atoms with E-state index in [0.29, 0.717) is 26.3 Å². The van der Waals surface area contributed by atoms with Crippen molar-refractivity contribution in [3.63, 3.8) is 0 Å². The van der Waals surface area contributed by atoms with Crippen molar-refractivity contribution in [3.05, 3.63) is 60.2 Å². The van der Waals surface area contributed by atoms with Gasteiger partial charge in [0.2, 0.25) is 0 Å². The molecule has 2 fully saturated rings. The summed E-state index contributed by atoms with van der Waals surface area (Å²) in [7, 11) is 0. The summed E-state index contributed by atoms with van der Waals surface area (Å²) in [6.45, 7) is 7.29. The summed E-state index contributed by atoms with van der Waals surface area (Å²) in [6.07, 6.45) is 0. The molecule has 2 aliphatic heterocycles. The van der Waals surface area contributed by atoms with E-state index in [1.807, 2.05) is 35.2 Å². The molecular weight excluding hydrogens is 390 g/mol. The van der Waals surface area contributed by atoms with Gasteiger partial charge in [0.1, 0.15) is 0 Å². The number of aromatic nitrogens is 2. The number of benzene rings is 2. The lowest BCUT2D eigenvalue weighted by molar-refractivity contribution is 0.0726. The minimum atomic E-state index is 0.0886. The molecule has 0 saturated carbocycles. The van der Waals surface area contributed by atoms with Crippen LogP contribution in [0.2, 0.25) is 0 Å². The summed E-state index contributed by atoms with van der Waals surface area (Å²) >= 11 is 0. The van der Waals surface area contributed by atoms with Crippen molar-refractivity contribution < 1.29 is 9.53 Å². The summed E-state index contributed by atoms with van der Waals surface area (Å²) in [5.74, 6) is 1.91. The quantitative estimate of drug-likeness (QED) is 0.653. The number of morpholine rings is 1. The summed E-state index contributed by atoms with van der Waals surface area (Å²) in [5, 5.41) is 11.5. The number of hydrogen-bond acceptors (Lipinski definition) is 6. The van der Waals surface area contributed by atoms with E-state index in [4.69, 9.17) is 4.74 Å². The minimum Gasteiger partial charge on any atom is -0.378 e. The number of amides is 1. The lowest BCUT2D eigenvalue weighted by atomic mass is 10.1. The predicted octanol–water partition coefficient (Wildman–Crippen LogP) is 2.82. The number of ether oxygens (including phenoxy) is 1. The van der Waals surface area contributed by atoms with Gasteiger partial charge in [-0.1, -0.05) is 42.5 Å². The lowest BCUT2D eigenvalue weighted by Crippen LogP contribution is -2.54. The first-order valence-electron chi connectivity index (χ1n) is 10.9. The lowest BCUT2D eigenvalue weighted by Gasteiger charge is -2.41. The molecule has 160 valence electrons. The normalized spacial score (nSPS) is 19.6. The van der Waals surface area contributed by atoms with Crippen LogP contribution in [0.15, 0.2) is 54.6 Å². The molecule has 2 aliphatic rings. The summed E-state index contributed by atoms with van der Waals surface area (Å²) < 4.78 is 5.50. The number of rotatable bonds is 3. The topological polar surface area (TPSA) is 61.8 Å². The van der Waals surface area contributed by atoms with E-state index in [2.05, 4.69) is 51.2 Å². The number of hydrogen-bond donors (Lipinski definition) is 0. The van der Waals surface area contributed by atoms with Crippen LogP contribution in [0.5, 0.6) is 0 Å². The van der Waals surface area contributed by atoms with Crippen LogP contribution in [0.3, 0.4) is 0 Å². The number of carbonyl (C=O) groups is 1. The third kappa shape index (κ3) is 3.81. The van der Waals surface area contributed by atoms with Crippen LogP contribution in [-0.4, -0.2) is 73.0 Å². The van der Waals surface area contributed by atoms with Gasteiger partial charge in [-0.2, -0.15) is 0 Å². The monoisotopic (exact) mass is 417 g/mol. The molecule has 0 bridgehead atoms. The second kappa shape index (κ2) is 8.51. The largest absolute Gasteiger partial charge is 0.378 e. The molecule has 0 aliphatic carbocycles. The van der Waals surface area contributed by atoms with Gasteiger partial charge in [0.25, 0.3) is 5.91 Å². The molecule has 3 heterocycles. The Labute approximate surface area is 182 Å². The SMILES string of the molecule is C[C@@H]1CN(C(=O)c2ccccc2)CCN1c1nnc(N2CCOCC2)c2ccccc12. The van der Waals surface area contributed by atoms with E-state index < -0.39 is 0 Å². The highest BCUT2D eigenvalue weighted by atomic mass is 16.5. The van der Waals surface area contributed by atoms with Crippen LogP contribution >= 0.6 is 0 Å². The van der Waals surface area contributed by atoms with Crippen LogP contribution in [0.4, 0.5) is 11.6 Å². The van der Waals surface area contributed by atoms with Crippen LogP contribution in [-0.2, 0) is 4.74 Å². The van der Waals surface area contributed by atoms with Gasteiger partial charge in [-0.3, -0.25) is 4.79 Å². The highest BCUT2D eigenvalue weighted by molar-refractivity contribution is 5.99. The molecule has 0 N–H and O–H groups in total. The molecule has 1 aromatic heterocycles. The van der Waals surface area contributed by atoms with Gasteiger partial charge >= 0.3 is 0 Å². The Balaban J connectivity index is 1.41. The first-order valence-corrected chi connectivity index (χ1v) is 10.9. The summed E-state index contributed by atoms with van der Waals surface area (Å²) in [4.78, 5) is 19.4. The van der Waals surface area contributed by atoms with Crippen molar-refractivity contribution in [2.75, 3.05) is 55.7 Å². The van der Waals surface area contributed by atoms with Crippen LogP contribution < -0.4 is 9.80 Å². The Kier molecular flexibility index (Phi) is 5.42. The van der Waals surface area contributed by atoms with Crippen molar-refractivity contribution in [1.29, 1.82) is 0 Å². The Morgan fingerprint density at radius 3 is 2.23 bits per heavy atom. The summed E-state index contributed by atoms with van der Waals surface area (Å²) in [6, 6.07) is 18.0.